The van der Waals surface area contributed by atoms with Crippen molar-refractivity contribution in [3.05, 3.63) is 0 Å². The van der Waals surface area contributed by atoms with Crippen molar-refractivity contribution in [2.45, 2.75) is 11.3 Å². The minimum atomic E-state index is -0.316. The van der Waals surface area contributed by atoms with E-state index in [4.69, 9.17) is 10.5 Å². The van der Waals surface area contributed by atoms with Crippen molar-refractivity contribution in [1.82, 2.24) is 20.0 Å². The molecule has 0 atom stereocenters. The Bertz CT molecular complexity index is 502. The lowest BCUT2D eigenvalue weighted by Gasteiger charge is -2.33. The molecule has 1 aliphatic heterocycles. The van der Waals surface area contributed by atoms with E-state index in [2.05, 4.69) is 10.2 Å². The third-order valence-corrected chi connectivity index (χ3v) is 4.77. The molecule has 8 nitrogen and oxygen atoms in total. The average Bonchev–Trinajstić information content (AvgIpc) is 2.91. The van der Waals surface area contributed by atoms with Crippen LogP contribution in [0.4, 0.5) is 9.93 Å². The van der Waals surface area contributed by atoms with Gasteiger partial charge in [0.2, 0.25) is 11.0 Å². The third-order valence-electron chi connectivity index (χ3n) is 2.90. The van der Waals surface area contributed by atoms with Crippen molar-refractivity contribution >= 4 is 40.2 Å². The van der Waals surface area contributed by atoms with Crippen LogP contribution >= 0.6 is 23.1 Å². The van der Waals surface area contributed by atoms with Crippen LogP contribution in [0.25, 0.3) is 0 Å². The van der Waals surface area contributed by atoms with Crippen LogP contribution in [-0.2, 0) is 9.53 Å². The quantitative estimate of drug-likeness (QED) is 0.802. The van der Waals surface area contributed by atoms with Gasteiger partial charge in [-0.15, -0.1) is 10.2 Å². The van der Waals surface area contributed by atoms with Gasteiger partial charge < -0.3 is 20.3 Å². The number of hydrogen-bond acceptors (Lipinski definition) is 8. The van der Waals surface area contributed by atoms with E-state index in [1.807, 2.05) is 0 Å². The first-order valence-corrected chi connectivity index (χ1v) is 8.31. The first kappa shape index (κ1) is 15.8. The largest absolute Gasteiger partial charge is 0.450 e. The maximum absolute atomic E-state index is 12.1. The summed E-state index contributed by atoms with van der Waals surface area (Å²) in [6.45, 7) is 4.18. The summed E-state index contributed by atoms with van der Waals surface area (Å²) in [6.07, 6.45) is -0.316. The summed E-state index contributed by atoms with van der Waals surface area (Å²) in [5.41, 5.74) is 5.48. The molecule has 21 heavy (non-hydrogen) atoms. The van der Waals surface area contributed by atoms with Gasteiger partial charge in [0.15, 0.2) is 4.34 Å². The number of anilines is 1. The van der Waals surface area contributed by atoms with Gasteiger partial charge in [-0.2, -0.15) is 0 Å². The van der Waals surface area contributed by atoms with Gasteiger partial charge in [0.1, 0.15) is 0 Å². The van der Waals surface area contributed by atoms with E-state index in [0.717, 1.165) is 0 Å². The normalized spacial score (nSPS) is 15.1. The van der Waals surface area contributed by atoms with Gasteiger partial charge in [-0.25, -0.2) is 4.79 Å². The van der Waals surface area contributed by atoms with Crippen LogP contribution in [0.15, 0.2) is 4.34 Å². The number of rotatable bonds is 4. The first-order chi connectivity index (χ1) is 10.1. The Kier molecular flexibility index (Phi) is 5.62. The van der Waals surface area contributed by atoms with E-state index in [9.17, 15) is 9.59 Å². The van der Waals surface area contributed by atoms with Gasteiger partial charge >= 0.3 is 6.09 Å². The van der Waals surface area contributed by atoms with Gasteiger partial charge in [-0.05, 0) is 6.92 Å². The van der Waals surface area contributed by atoms with Crippen LogP contribution < -0.4 is 5.73 Å². The molecule has 2 N–H and O–H groups in total. The molecule has 0 unspecified atom stereocenters. The molecule has 1 aromatic heterocycles. The van der Waals surface area contributed by atoms with E-state index in [0.29, 0.717) is 48.0 Å². The highest BCUT2D eigenvalue weighted by Gasteiger charge is 2.24. The molecular formula is C11H17N5O3S2. The Morgan fingerprint density at radius 1 is 1.29 bits per heavy atom. The van der Waals surface area contributed by atoms with Crippen LogP contribution in [0.1, 0.15) is 6.92 Å². The molecule has 0 bridgehead atoms. The van der Waals surface area contributed by atoms with Gasteiger partial charge in [-0.3, -0.25) is 4.79 Å². The molecule has 0 saturated carbocycles. The van der Waals surface area contributed by atoms with E-state index in [-0.39, 0.29) is 12.0 Å². The smallest absolute Gasteiger partial charge is 0.409 e. The van der Waals surface area contributed by atoms with Gasteiger partial charge in [-0.1, -0.05) is 23.1 Å². The van der Waals surface area contributed by atoms with Gasteiger partial charge in [0.05, 0.1) is 12.4 Å². The lowest BCUT2D eigenvalue weighted by Crippen LogP contribution is -2.51. The molecule has 1 aliphatic rings. The molecule has 116 valence electrons. The second-order valence-electron chi connectivity index (χ2n) is 4.26. The molecular weight excluding hydrogens is 314 g/mol. The Labute approximate surface area is 130 Å². The number of hydrogen-bond donors (Lipinski definition) is 1. The molecule has 0 spiro atoms. The van der Waals surface area contributed by atoms with Crippen molar-refractivity contribution in [3.63, 3.8) is 0 Å². The standard InChI is InChI=1S/C11H17N5O3S2/c1-2-19-11(18)16-5-3-15(4-6-16)8(17)7-20-10-14-13-9(12)21-10/h2-7H2,1H3,(H2,12,13). The van der Waals surface area contributed by atoms with Crippen molar-refractivity contribution in [1.29, 1.82) is 0 Å². The molecule has 2 heterocycles. The number of thioether (sulfide) groups is 1. The lowest BCUT2D eigenvalue weighted by atomic mass is 10.3. The van der Waals surface area contributed by atoms with Crippen molar-refractivity contribution in [3.8, 4) is 0 Å². The predicted molar refractivity (Wildman–Crippen MR) is 80.2 cm³/mol. The third kappa shape index (κ3) is 4.46. The molecule has 10 heteroatoms. The van der Waals surface area contributed by atoms with E-state index in [1.54, 1.807) is 16.7 Å². The summed E-state index contributed by atoms with van der Waals surface area (Å²) < 4.78 is 5.62. The van der Waals surface area contributed by atoms with E-state index in [1.165, 1.54) is 23.1 Å². The summed E-state index contributed by atoms with van der Waals surface area (Å²) >= 11 is 2.59. The summed E-state index contributed by atoms with van der Waals surface area (Å²) in [7, 11) is 0. The zero-order valence-corrected chi connectivity index (χ0v) is 13.3. The van der Waals surface area contributed by atoms with E-state index < -0.39 is 0 Å². The number of nitrogens with two attached hydrogens (primary N) is 1. The fourth-order valence-electron chi connectivity index (χ4n) is 1.85. The van der Waals surface area contributed by atoms with Crippen LogP contribution in [0.3, 0.4) is 0 Å². The lowest BCUT2D eigenvalue weighted by molar-refractivity contribution is -0.129. The second-order valence-corrected chi connectivity index (χ2v) is 6.49. The molecule has 2 rings (SSSR count). The fraction of sp³-hybridized carbons (Fsp3) is 0.636. The first-order valence-electron chi connectivity index (χ1n) is 6.51. The molecule has 2 amide bonds. The minimum absolute atomic E-state index is 0.0253. The zero-order valence-electron chi connectivity index (χ0n) is 11.7. The molecule has 0 radical (unpaired) electrons. The zero-order chi connectivity index (χ0) is 15.2. The number of aromatic nitrogens is 2. The van der Waals surface area contributed by atoms with Crippen LogP contribution in [-0.4, -0.2) is 70.5 Å². The highest BCUT2D eigenvalue weighted by atomic mass is 32.2. The summed E-state index contributed by atoms with van der Waals surface area (Å²) in [5.74, 6) is 0.325. The topological polar surface area (TPSA) is 102 Å². The molecule has 1 aromatic rings. The van der Waals surface area contributed by atoms with Gasteiger partial charge in [0.25, 0.3) is 0 Å². The molecule has 1 fully saturated rings. The van der Waals surface area contributed by atoms with Crippen molar-refractivity contribution in [2.24, 2.45) is 0 Å². The number of carbonyl (C=O) groups is 2. The number of nitrogen functional groups attached to an aromatic ring is 1. The summed E-state index contributed by atoms with van der Waals surface area (Å²) in [5, 5.41) is 7.95. The Morgan fingerprint density at radius 3 is 2.52 bits per heavy atom. The number of amides is 2. The van der Waals surface area contributed by atoms with Crippen molar-refractivity contribution < 1.29 is 14.3 Å². The van der Waals surface area contributed by atoms with Crippen LogP contribution in [0.5, 0.6) is 0 Å². The number of nitrogens with zero attached hydrogens (tertiary/aromatic N) is 4. The second kappa shape index (κ2) is 7.46. The maximum Gasteiger partial charge on any atom is 0.409 e. The Balaban J connectivity index is 1.74. The number of ether oxygens (including phenoxy) is 1. The average molecular weight is 331 g/mol. The number of piperazine rings is 1. The van der Waals surface area contributed by atoms with E-state index >= 15 is 0 Å². The predicted octanol–water partition coefficient (Wildman–Crippen LogP) is 0.513. The fourth-order valence-corrected chi connectivity index (χ4v) is 3.39. The highest BCUT2D eigenvalue weighted by molar-refractivity contribution is 8.01. The van der Waals surface area contributed by atoms with Crippen LogP contribution in [0.2, 0.25) is 0 Å². The monoisotopic (exact) mass is 331 g/mol. The van der Waals surface area contributed by atoms with Crippen LogP contribution in [0, 0.1) is 0 Å². The van der Waals surface area contributed by atoms with Gasteiger partial charge in [0, 0.05) is 26.2 Å². The minimum Gasteiger partial charge on any atom is -0.450 e. The molecule has 0 aromatic carbocycles. The summed E-state index contributed by atoms with van der Waals surface area (Å²) in [6, 6.07) is 0. The Hall–Kier alpha value is -1.55. The number of carbonyl (C=O) groups excluding carboxylic acids is 2. The summed E-state index contributed by atoms with van der Waals surface area (Å²) in [4.78, 5) is 27.0. The molecule has 1 saturated heterocycles. The SMILES string of the molecule is CCOC(=O)N1CCN(C(=O)CSc2nnc(N)s2)CC1. The Morgan fingerprint density at radius 2 is 1.95 bits per heavy atom. The highest BCUT2D eigenvalue weighted by Crippen LogP contribution is 2.23. The maximum atomic E-state index is 12.1. The van der Waals surface area contributed by atoms with Crippen molar-refractivity contribution in [2.75, 3.05) is 44.3 Å². The molecule has 0 aliphatic carbocycles.